The molecule has 1 atom stereocenters. The van der Waals surface area contributed by atoms with Crippen molar-refractivity contribution in [2.24, 2.45) is 0 Å². The smallest absolute Gasteiger partial charge is 0.129 e. The van der Waals surface area contributed by atoms with Crippen molar-refractivity contribution in [3.8, 4) is 0 Å². The summed E-state index contributed by atoms with van der Waals surface area (Å²) in [5, 5.41) is 3.14. The predicted octanol–water partition coefficient (Wildman–Crippen LogP) is -0.116. The molecule has 0 aromatic heterocycles. The Kier molecular flexibility index (Phi) is 2.28. The van der Waals surface area contributed by atoms with Gasteiger partial charge < -0.3 is 9.64 Å². The second-order valence-electron chi connectivity index (χ2n) is 3.24. The third-order valence-electron chi connectivity index (χ3n) is 1.63. The summed E-state index contributed by atoms with van der Waals surface area (Å²) in [6.07, 6.45) is 0. The molecule has 0 radical (unpaired) electrons. The lowest BCUT2D eigenvalue weighted by molar-refractivity contribution is 0.0345. The first-order chi connectivity index (χ1) is 4.62. The van der Waals surface area contributed by atoms with Gasteiger partial charge in [0.25, 0.3) is 0 Å². The molecule has 1 aliphatic heterocycles. The van der Waals surface area contributed by atoms with Gasteiger partial charge in [0.05, 0.1) is 6.61 Å². The summed E-state index contributed by atoms with van der Waals surface area (Å²) < 4.78 is 5.50. The Morgan fingerprint density at radius 1 is 1.60 bits per heavy atom. The SMILES string of the molecule is CN(C)CCOC1(C)CN1. The minimum Gasteiger partial charge on any atom is -0.358 e. The minimum absolute atomic E-state index is 0.00993. The third-order valence-corrected chi connectivity index (χ3v) is 1.63. The average Bonchev–Trinajstić information content (AvgIpc) is 2.47. The van der Waals surface area contributed by atoms with E-state index in [1.165, 1.54) is 0 Å². The van der Waals surface area contributed by atoms with E-state index < -0.39 is 0 Å². The quantitative estimate of drug-likeness (QED) is 0.559. The molecule has 60 valence electrons. The number of nitrogens with zero attached hydrogens (tertiary/aromatic N) is 1. The molecule has 0 aromatic rings. The molecule has 0 aromatic carbocycles. The van der Waals surface area contributed by atoms with Crippen molar-refractivity contribution < 1.29 is 4.74 Å². The Hall–Kier alpha value is -0.120. The van der Waals surface area contributed by atoms with E-state index in [2.05, 4.69) is 17.1 Å². The molecule has 3 heteroatoms. The minimum atomic E-state index is 0.00993. The van der Waals surface area contributed by atoms with Gasteiger partial charge in [-0.1, -0.05) is 0 Å². The van der Waals surface area contributed by atoms with Crippen LogP contribution in [0.2, 0.25) is 0 Å². The van der Waals surface area contributed by atoms with E-state index in [-0.39, 0.29) is 5.72 Å². The average molecular weight is 144 g/mol. The molecule has 3 nitrogen and oxygen atoms in total. The zero-order valence-electron chi connectivity index (χ0n) is 6.98. The normalized spacial score (nSPS) is 31.2. The third kappa shape index (κ3) is 2.64. The van der Waals surface area contributed by atoms with Gasteiger partial charge in [-0.25, -0.2) is 0 Å². The van der Waals surface area contributed by atoms with Gasteiger partial charge >= 0.3 is 0 Å². The number of hydrogen-bond donors (Lipinski definition) is 1. The van der Waals surface area contributed by atoms with Crippen LogP contribution in [0.4, 0.5) is 0 Å². The molecule has 1 heterocycles. The van der Waals surface area contributed by atoms with Crippen molar-refractivity contribution in [1.29, 1.82) is 0 Å². The van der Waals surface area contributed by atoms with Crippen molar-refractivity contribution in [3.05, 3.63) is 0 Å². The van der Waals surface area contributed by atoms with E-state index in [0.717, 1.165) is 19.7 Å². The topological polar surface area (TPSA) is 34.4 Å². The standard InChI is InChI=1S/C7H16N2O/c1-7(6-8-7)10-5-4-9(2)3/h8H,4-6H2,1-3H3. The zero-order chi connectivity index (χ0) is 7.61. The van der Waals surface area contributed by atoms with Gasteiger partial charge in [0, 0.05) is 13.1 Å². The number of ether oxygens (including phenoxy) is 1. The van der Waals surface area contributed by atoms with Crippen molar-refractivity contribution in [3.63, 3.8) is 0 Å². The summed E-state index contributed by atoms with van der Waals surface area (Å²) in [4.78, 5) is 2.12. The Bertz CT molecular complexity index is 110. The van der Waals surface area contributed by atoms with Gasteiger partial charge in [-0.3, -0.25) is 5.32 Å². The Morgan fingerprint density at radius 3 is 2.60 bits per heavy atom. The lowest BCUT2D eigenvalue weighted by atomic mass is 10.4. The van der Waals surface area contributed by atoms with E-state index in [4.69, 9.17) is 4.74 Å². The number of likely N-dealkylation sites (N-methyl/N-ethyl adjacent to an activating group) is 1. The second-order valence-corrected chi connectivity index (χ2v) is 3.24. The lowest BCUT2D eigenvalue weighted by Gasteiger charge is -2.12. The van der Waals surface area contributed by atoms with Crippen molar-refractivity contribution in [2.45, 2.75) is 12.6 Å². The molecule has 0 bridgehead atoms. The van der Waals surface area contributed by atoms with E-state index >= 15 is 0 Å². The summed E-state index contributed by atoms with van der Waals surface area (Å²) in [6.45, 7) is 4.89. The Labute approximate surface area is 62.3 Å². The number of rotatable bonds is 4. The van der Waals surface area contributed by atoms with Crippen molar-refractivity contribution in [1.82, 2.24) is 10.2 Å². The molecule has 1 saturated heterocycles. The van der Waals surface area contributed by atoms with E-state index in [1.54, 1.807) is 0 Å². The fraction of sp³-hybridized carbons (Fsp3) is 1.00. The lowest BCUT2D eigenvalue weighted by Crippen LogP contribution is -2.23. The van der Waals surface area contributed by atoms with E-state index in [0.29, 0.717) is 0 Å². The van der Waals surface area contributed by atoms with Gasteiger partial charge in [-0.15, -0.1) is 0 Å². The number of hydrogen-bond acceptors (Lipinski definition) is 3. The van der Waals surface area contributed by atoms with Crippen LogP contribution in [0.15, 0.2) is 0 Å². The van der Waals surface area contributed by atoms with Gasteiger partial charge in [0.15, 0.2) is 0 Å². The van der Waals surface area contributed by atoms with Gasteiger partial charge in [0.2, 0.25) is 0 Å². The highest BCUT2D eigenvalue weighted by Crippen LogP contribution is 2.16. The molecule has 1 unspecified atom stereocenters. The van der Waals surface area contributed by atoms with Crippen molar-refractivity contribution in [2.75, 3.05) is 33.8 Å². The maximum atomic E-state index is 5.50. The fourth-order valence-electron chi connectivity index (χ4n) is 0.680. The highest BCUT2D eigenvalue weighted by atomic mass is 16.5. The monoisotopic (exact) mass is 144 g/mol. The Morgan fingerprint density at radius 2 is 2.20 bits per heavy atom. The summed E-state index contributed by atoms with van der Waals surface area (Å²) >= 11 is 0. The van der Waals surface area contributed by atoms with E-state index in [1.807, 2.05) is 14.1 Å². The zero-order valence-corrected chi connectivity index (χ0v) is 6.98. The van der Waals surface area contributed by atoms with E-state index in [9.17, 15) is 0 Å². The summed E-state index contributed by atoms with van der Waals surface area (Å²) in [6, 6.07) is 0. The highest BCUT2D eigenvalue weighted by Gasteiger charge is 2.37. The molecule has 1 N–H and O–H groups in total. The van der Waals surface area contributed by atoms with Crippen LogP contribution in [0.3, 0.4) is 0 Å². The second kappa shape index (κ2) is 2.86. The molecule has 1 fully saturated rings. The fourth-order valence-corrected chi connectivity index (χ4v) is 0.680. The van der Waals surface area contributed by atoms with Gasteiger partial charge in [0.1, 0.15) is 5.72 Å². The van der Waals surface area contributed by atoms with Crippen LogP contribution < -0.4 is 5.32 Å². The first-order valence-corrected chi connectivity index (χ1v) is 3.66. The molecular weight excluding hydrogens is 128 g/mol. The summed E-state index contributed by atoms with van der Waals surface area (Å²) in [7, 11) is 4.10. The first-order valence-electron chi connectivity index (χ1n) is 3.66. The highest BCUT2D eigenvalue weighted by molar-refractivity contribution is 4.89. The van der Waals surface area contributed by atoms with Crippen LogP contribution in [0, 0.1) is 0 Å². The first kappa shape index (κ1) is 7.98. The maximum absolute atomic E-state index is 5.50. The number of nitrogens with one attached hydrogen (secondary N) is 1. The van der Waals surface area contributed by atoms with Crippen molar-refractivity contribution >= 4 is 0 Å². The van der Waals surface area contributed by atoms with Crippen LogP contribution in [0.5, 0.6) is 0 Å². The molecule has 0 saturated carbocycles. The summed E-state index contributed by atoms with van der Waals surface area (Å²) in [5.74, 6) is 0. The van der Waals surface area contributed by atoms with Gasteiger partial charge in [-0.2, -0.15) is 0 Å². The van der Waals surface area contributed by atoms with Crippen LogP contribution in [0.25, 0.3) is 0 Å². The maximum Gasteiger partial charge on any atom is 0.129 e. The van der Waals surface area contributed by atoms with Crippen LogP contribution in [-0.2, 0) is 4.74 Å². The predicted molar refractivity (Wildman–Crippen MR) is 40.9 cm³/mol. The molecule has 1 rings (SSSR count). The van der Waals surface area contributed by atoms with Gasteiger partial charge in [-0.05, 0) is 21.0 Å². The summed E-state index contributed by atoms with van der Waals surface area (Å²) in [5.41, 5.74) is 0.00993. The molecule has 1 aliphatic rings. The molecule has 0 spiro atoms. The van der Waals surface area contributed by atoms with Crippen LogP contribution in [0.1, 0.15) is 6.92 Å². The molecule has 0 amide bonds. The molecule has 10 heavy (non-hydrogen) atoms. The Balaban J connectivity index is 1.95. The molecule has 0 aliphatic carbocycles. The largest absolute Gasteiger partial charge is 0.358 e. The van der Waals surface area contributed by atoms with Crippen LogP contribution in [-0.4, -0.2) is 44.4 Å². The van der Waals surface area contributed by atoms with Crippen LogP contribution >= 0.6 is 0 Å². The molecular formula is C7H16N2O.